The number of carbonyl (C=O) groups excluding carboxylic acids is 3. The number of aliphatic carboxylic acids is 1. The van der Waals surface area contributed by atoms with Crippen LogP contribution in [0.2, 0.25) is 0 Å². The Bertz CT molecular complexity index is 1670. The van der Waals surface area contributed by atoms with Gasteiger partial charge in [0.15, 0.2) is 24.6 Å². The Morgan fingerprint density at radius 3 is 1.29 bits per heavy atom. The van der Waals surface area contributed by atoms with E-state index in [4.69, 9.17) is 23.7 Å². The Morgan fingerprint density at radius 1 is 0.453 bits per heavy atom. The number of unbranched alkanes of at least 4 members (excludes halogenated alkanes) is 18. The van der Waals surface area contributed by atoms with Crippen molar-refractivity contribution >= 4 is 23.9 Å². The fraction of sp³-hybridized carbons (Fsp3) is 0.683. The van der Waals surface area contributed by atoms with Crippen LogP contribution >= 0.6 is 0 Å². The number of aliphatic hydroxyl groups excluding tert-OH is 2. The van der Waals surface area contributed by atoms with Crippen molar-refractivity contribution in [2.45, 2.75) is 263 Å². The third kappa shape index (κ3) is 40.6. The van der Waals surface area contributed by atoms with E-state index in [-0.39, 0.29) is 25.9 Å². The fourth-order valence-electron chi connectivity index (χ4n) is 8.19. The zero-order chi connectivity index (χ0) is 54.7. The van der Waals surface area contributed by atoms with Crippen LogP contribution in [0.1, 0.15) is 226 Å². The van der Waals surface area contributed by atoms with Crippen molar-refractivity contribution in [3.8, 4) is 0 Å². The molecule has 3 N–H and O–H groups in total. The third-order valence-corrected chi connectivity index (χ3v) is 12.6. The van der Waals surface area contributed by atoms with E-state index in [0.29, 0.717) is 19.3 Å². The first-order valence-corrected chi connectivity index (χ1v) is 29.2. The molecule has 1 saturated heterocycles. The normalized spacial score (nSPS) is 18.9. The molecule has 6 unspecified atom stereocenters. The molecule has 0 aromatic rings. The van der Waals surface area contributed by atoms with Crippen molar-refractivity contribution < 1.29 is 58.2 Å². The highest BCUT2D eigenvalue weighted by Gasteiger charge is 2.50. The number of aliphatic hydroxyl groups is 2. The molecule has 0 aliphatic carbocycles. The van der Waals surface area contributed by atoms with Crippen molar-refractivity contribution in [1.82, 2.24) is 0 Å². The third-order valence-electron chi connectivity index (χ3n) is 12.6. The Hall–Kier alpha value is -4.36. The molecule has 0 aromatic carbocycles. The maximum atomic E-state index is 13.1. The van der Waals surface area contributed by atoms with Gasteiger partial charge in [-0.3, -0.25) is 14.4 Å². The molecule has 426 valence electrons. The van der Waals surface area contributed by atoms with E-state index in [1.807, 2.05) is 0 Å². The molecule has 1 aliphatic rings. The van der Waals surface area contributed by atoms with Crippen molar-refractivity contribution in [2.24, 2.45) is 0 Å². The molecule has 0 radical (unpaired) electrons. The monoisotopic (exact) mass is 1050 g/mol. The Kier molecular flexibility index (Phi) is 46.2. The summed E-state index contributed by atoms with van der Waals surface area (Å²) in [6.07, 6.45) is 53.8. The summed E-state index contributed by atoms with van der Waals surface area (Å²) in [5.41, 5.74) is 0. The molecule has 0 amide bonds. The van der Waals surface area contributed by atoms with Crippen molar-refractivity contribution in [2.75, 3.05) is 13.2 Å². The summed E-state index contributed by atoms with van der Waals surface area (Å²) >= 11 is 0. The molecule has 1 aliphatic heterocycles. The van der Waals surface area contributed by atoms with Crippen LogP contribution in [0.5, 0.6) is 0 Å². The smallest absolute Gasteiger partial charge is 0.335 e. The molecular weight excluding hydrogens is 949 g/mol. The SMILES string of the molecule is CC/C=C\C/C=C\C/C=C\CCCCCCCC(=O)OCC(COC1OC(C(=O)O)C(O)C(O)C1OC(=O)CCCCCCCCC/C=C\C/C=C\CCCCC)OC(=O)CCCCC/C=C\C/C=C\C/C=C\CC. The van der Waals surface area contributed by atoms with Crippen LogP contribution < -0.4 is 0 Å². The number of esters is 3. The Labute approximate surface area is 453 Å². The quantitative estimate of drug-likeness (QED) is 0.0228. The molecule has 0 saturated carbocycles. The second-order valence-corrected chi connectivity index (χ2v) is 19.5. The number of hydrogen-bond acceptors (Lipinski definition) is 11. The van der Waals surface area contributed by atoms with Gasteiger partial charge in [0.2, 0.25) is 0 Å². The molecule has 1 rings (SSSR count). The highest BCUT2D eigenvalue weighted by atomic mass is 16.7. The van der Waals surface area contributed by atoms with Gasteiger partial charge in [-0.05, 0) is 116 Å². The molecule has 0 spiro atoms. The molecule has 1 fully saturated rings. The van der Waals surface area contributed by atoms with Gasteiger partial charge < -0.3 is 39.0 Å². The Balaban J connectivity index is 2.72. The summed E-state index contributed by atoms with van der Waals surface area (Å²) in [6, 6.07) is 0. The molecule has 0 aromatic heterocycles. The number of ether oxygens (including phenoxy) is 5. The summed E-state index contributed by atoms with van der Waals surface area (Å²) in [7, 11) is 0. The lowest BCUT2D eigenvalue weighted by Crippen LogP contribution is -2.61. The van der Waals surface area contributed by atoms with Gasteiger partial charge in [0, 0.05) is 19.3 Å². The summed E-state index contributed by atoms with van der Waals surface area (Å²) in [5, 5.41) is 31.5. The highest BCUT2D eigenvalue weighted by Crippen LogP contribution is 2.26. The molecule has 75 heavy (non-hydrogen) atoms. The zero-order valence-corrected chi connectivity index (χ0v) is 46.8. The van der Waals surface area contributed by atoms with Gasteiger partial charge in [-0.2, -0.15) is 0 Å². The second-order valence-electron chi connectivity index (χ2n) is 19.5. The molecule has 12 heteroatoms. The minimum Gasteiger partial charge on any atom is -0.479 e. The predicted octanol–water partition coefficient (Wildman–Crippen LogP) is 14.9. The zero-order valence-electron chi connectivity index (χ0n) is 46.8. The number of carbonyl (C=O) groups is 4. The van der Waals surface area contributed by atoms with Crippen LogP contribution in [0.4, 0.5) is 0 Å². The average molecular weight is 1050 g/mol. The lowest BCUT2D eigenvalue weighted by molar-refractivity contribution is -0.301. The summed E-state index contributed by atoms with van der Waals surface area (Å²) < 4.78 is 28.4. The number of hydrogen-bond donors (Lipinski definition) is 3. The topological polar surface area (TPSA) is 175 Å². The lowest BCUT2D eigenvalue weighted by Gasteiger charge is -2.40. The first-order chi connectivity index (χ1) is 36.6. The first kappa shape index (κ1) is 68.7. The molecule has 12 nitrogen and oxygen atoms in total. The maximum Gasteiger partial charge on any atom is 0.335 e. The van der Waals surface area contributed by atoms with Crippen LogP contribution in [0.15, 0.2) is 97.2 Å². The van der Waals surface area contributed by atoms with E-state index in [9.17, 15) is 34.5 Å². The lowest BCUT2D eigenvalue weighted by atomic mass is 9.98. The molecule has 6 atom stereocenters. The minimum atomic E-state index is -1.92. The predicted molar refractivity (Wildman–Crippen MR) is 303 cm³/mol. The number of carboxylic acids is 1. The standard InChI is InChI=1S/C63H102O12/c1-4-7-10-13-16-19-22-25-27-28-30-33-36-39-42-45-48-51-57(66)74-61-59(68)58(67)60(62(69)70)75-63(61)72-53-54(73-56(65)50-47-44-41-38-35-31-24-21-18-15-12-9-6-3)52-71-55(64)49-46-43-40-37-34-32-29-26-23-20-17-14-11-8-5-2/h8-9,11-12,16-21,25-27,29,31,35,54,58-61,63,67-68H,4-7,10,13-15,22-24,28,30,32-34,36-53H2,1-3H3,(H,69,70)/b11-8-,12-9-,19-16-,20-17-,21-18-,27-25-,29-26-,35-31-. The van der Waals surface area contributed by atoms with Crippen LogP contribution in [0.25, 0.3) is 0 Å². The maximum absolute atomic E-state index is 13.1. The number of allylic oxidation sites excluding steroid dienone is 16. The van der Waals surface area contributed by atoms with Gasteiger partial charge in [-0.25, -0.2) is 4.79 Å². The number of rotatable bonds is 48. The Morgan fingerprint density at radius 2 is 0.840 bits per heavy atom. The van der Waals surface area contributed by atoms with Gasteiger partial charge in [0.05, 0.1) is 6.61 Å². The van der Waals surface area contributed by atoms with Gasteiger partial charge in [0.25, 0.3) is 0 Å². The van der Waals surface area contributed by atoms with E-state index < -0.39 is 67.3 Å². The molecular formula is C63H102O12. The van der Waals surface area contributed by atoms with Crippen molar-refractivity contribution in [1.29, 1.82) is 0 Å². The average Bonchev–Trinajstić information content (AvgIpc) is 3.39. The van der Waals surface area contributed by atoms with Crippen LogP contribution in [-0.2, 0) is 42.9 Å². The van der Waals surface area contributed by atoms with E-state index in [1.165, 1.54) is 19.3 Å². The largest absolute Gasteiger partial charge is 0.479 e. The summed E-state index contributed by atoms with van der Waals surface area (Å²) in [6.45, 7) is 5.69. The van der Waals surface area contributed by atoms with E-state index in [2.05, 4.69) is 118 Å². The van der Waals surface area contributed by atoms with Gasteiger partial charge >= 0.3 is 23.9 Å². The second kappa shape index (κ2) is 50.5. The van der Waals surface area contributed by atoms with Gasteiger partial charge in [-0.1, -0.05) is 189 Å². The van der Waals surface area contributed by atoms with Crippen LogP contribution in [-0.4, -0.2) is 89.2 Å². The summed E-state index contributed by atoms with van der Waals surface area (Å²) in [4.78, 5) is 51.1. The van der Waals surface area contributed by atoms with Crippen LogP contribution in [0.3, 0.4) is 0 Å². The van der Waals surface area contributed by atoms with E-state index in [1.54, 1.807) is 0 Å². The molecule has 1 heterocycles. The minimum absolute atomic E-state index is 0.0421. The summed E-state index contributed by atoms with van der Waals surface area (Å²) in [5.74, 6) is -3.20. The van der Waals surface area contributed by atoms with Gasteiger partial charge in [-0.15, -0.1) is 0 Å². The van der Waals surface area contributed by atoms with Crippen molar-refractivity contribution in [3.05, 3.63) is 97.2 Å². The first-order valence-electron chi connectivity index (χ1n) is 29.2. The molecule has 0 bridgehead atoms. The van der Waals surface area contributed by atoms with E-state index in [0.717, 1.165) is 148 Å². The highest BCUT2D eigenvalue weighted by molar-refractivity contribution is 5.74. The number of carboxylic acid groups (broad SMARTS) is 1. The van der Waals surface area contributed by atoms with Crippen LogP contribution in [0, 0.1) is 0 Å². The van der Waals surface area contributed by atoms with Gasteiger partial charge in [0.1, 0.15) is 18.8 Å². The van der Waals surface area contributed by atoms with Crippen molar-refractivity contribution in [3.63, 3.8) is 0 Å². The van der Waals surface area contributed by atoms with E-state index >= 15 is 0 Å². The fourth-order valence-corrected chi connectivity index (χ4v) is 8.19.